The van der Waals surface area contributed by atoms with Crippen LogP contribution in [0.5, 0.6) is 11.5 Å². The maximum atomic E-state index is 12.2. The van der Waals surface area contributed by atoms with Crippen LogP contribution in [0, 0.1) is 0 Å². The molecule has 0 unspecified atom stereocenters. The Morgan fingerprint density at radius 2 is 1.50 bits per heavy atom. The minimum absolute atomic E-state index is 0.0271. The molecule has 1 atom stereocenters. The highest BCUT2D eigenvalue weighted by molar-refractivity contribution is 5.76. The van der Waals surface area contributed by atoms with Crippen LogP contribution in [0.25, 0.3) is 0 Å². The van der Waals surface area contributed by atoms with E-state index in [1.54, 1.807) is 14.2 Å². The summed E-state index contributed by atoms with van der Waals surface area (Å²) in [5.41, 5.74) is 2.22. The molecule has 128 valence electrons. The van der Waals surface area contributed by atoms with Crippen molar-refractivity contribution in [2.45, 2.75) is 32.2 Å². The number of benzene rings is 2. The van der Waals surface area contributed by atoms with Crippen molar-refractivity contribution in [1.82, 2.24) is 5.32 Å². The van der Waals surface area contributed by atoms with Crippen LogP contribution in [0.4, 0.5) is 0 Å². The maximum absolute atomic E-state index is 12.2. The fourth-order valence-corrected chi connectivity index (χ4v) is 2.57. The van der Waals surface area contributed by atoms with E-state index in [0.717, 1.165) is 35.5 Å². The predicted molar refractivity (Wildman–Crippen MR) is 95.5 cm³/mol. The van der Waals surface area contributed by atoms with Crippen LogP contribution in [0.2, 0.25) is 0 Å². The maximum Gasteiger partial charge on any atom is 0.220 e. The van der Waals surface area contributed by atoms with Crippen molar-refractivity contribution in [1.29, 1.82) is 0 Å². The summed E-state index contributed by atoms with van der Waals surface area (Å²) in [5, 5.41) is 3.11. The predicted octanol–water partition coefficient (Wildman–Crippen LogP) is 3.90. The lowest BCUT2D eigenvalue weighted by atomic mass is 10.0. The molecule has 4 heteroatoms. The molecule has 0 spiro atoms. The highest BCUT2D eigenvalue weighted by Crippen LogP contribution is 2.20. The molecule has 0 fully saturated rings. The van der Waals surface area contributed by atoms with Crippen molar-refractivity contribution in [3.8, 4) is 11.5 Å². The number of rotatable bonds is 8. The molecule has 2 aromatic carbocycles. The summed E-state index contributed by atoms with van der Waals surface area (Å²) in [6, 6.07) is 15.7. The Labute approximate surface area is 143 Å². The molecule has 1 N–H and O–H groups in total. The Morgan fingerprint density at radius 1 is 0.958 bits per heavy atom. The molecule has 0 saturated carbocycles. The zero-order valence-corrected chi connectivity index (χ0v) is 14.5. The van der Waals surface area contributed by atoms with E-state index in [1.165, 1.54) is 0 Å². The normalized spacial score (nSPS) is 11.6. The van der Waals surface area contributed by atoms with Crippen molar-refractivity contribution < 1.29 is 14.3 Å². The van der Waals surface area contributed by atoms with Crippen molar-refractivity contribution in [3.63, 3.8) is 0 Å². The Morgan fingerprint density at radius 3 is 2.00 bits per heavy atom. The summed E-state index contributed by atoms with van der Waals surface area (Å²) in [6.07, 6.45) is 2.04. The first-order valence-corrected chi connectivity index (χ1v) is 8.22. The van der Waals surface area contributed by atoms with Crippen LogP contribution < -0.4 is 14.8 Å². The van der Waals surface area contributed by atoms with Crippen LogP contribution in [0.1, 0.15) is 36.9 Å². The Balaban J connectivity index is 1.88. The minimum Gasteiger partial charge on any atom is -0.497 e. The van der Waals surface area contributed by atoms with Gasteiger partial charge in [0.05, 0.1) is 20.3 Å². The quantitative estimate of drug-likeness (QED) is 0.800. The number of amides is 1. The fraction of sp³-hybridized carbons (Fsp3) is 0.350. The molecule has 0 aromatic heterocycles. The van der Waals surface area contributed by atoms with E-state index < -0.39 is 0 Å². The molecule has 24 heavy (non-hydrogen) atoms. The molecule has 0 bridgehead atoms. The lowest BCUT2D eigenvalue weighted by molar-refractivity contribution is -0.121. The van der Waals surface area contributed by atoms with Gasteiger partial charge in [0.25, 0.3) is 0 Å². The van der Waals surface area contributed by atoms with Gasteiger partial charge in [-0.25, -0.2) is 0 Å². The topological polar surface area (TPSA) is 47.6 Å². The largest absolute Gasteiger partial charge is 0.497 e. The van der Waals surface area contributed by atoms with E-state index >= 15 is 0 Å². The lowest BCUT2D eigenvalue weighted by Crippen LogP contribution is -2.28. The van der Waals surface area contributed by atoms with Gasteiger partial charge in [-0.2, -0.15) is 0 Å². The van der Waals surface area contributed by atoms with Crippen LogP contribution in [0.15, 0.2) is 48.5 Å². The molecule has 0 aliphatic heterocycles. The van der Waals surface area contributed by atoms with E-state index in [2.05, 4.69) is 12.2 Å². The van der Waals surface area contributed by atoms with Crippen molar-refractivity contribution in [2.75, 3.05) is 14.2 Å². The second kappa shape index (κ2) is 8.96. The van der Waals surface area contributed by atoms with Crippen LogP contribution in [-0.2, 0) is 11.2 Å². The Bertz CT molecular complexity index is 635. The zero-order valence-electron chi connectivity index (χ0n) is 14.5. The SMILES string of the molecule is CC[C@@H](NC(=O)CCc1ccc(OC)cc1)c1ccc(OC)cc1. The van der Waals surface area contributed by atoms with Gasteiger partial charge in [0.15, 0.2) is 0 Å². The molecule has 0 aliphatic carbocycles. The number of methoxy groups -OCH3 is 2. The first-order valence-electron chi connectivity index (χ1n) is 8.22. The van der Waals surface area contributed by atoms with Gasteiger partial charge in [0.2, 0.25) is 5.91 Å². The molecule has 2 aromatic rings. The van der Waals surface area contributed by atoms with Crippen molar-refractivity contribution in [3.05, 3.63) is 59.7 Å². The molecule has 0 saturated heterocycles. The molecule has 0 heterocycles. The highest BCUT2D eigenvalue weighted by Gasteiger charge is 2.12. The second-order valence-electron chi connectivity index (χ2n) is 5.65. The monoisotopic (exact) mass is 327 g/mol. The number of hydrogen-bond acceptors (Lipinski definition) is 3. The van der Waals surface area contributed by atoms with Gasteiger partial charge in [0.1, 0.15) is 11.5 Å². The van der Waals surface area contributed by atoms with Gasteiger partial charge in [-0.1, -0.05) is 31.2 Å². The van der Waals surface area contributed by atoms with Crippen molar-refractivity contribution in [2.24, 2.45) is 0 Å². The lowest BCUT2D eigenvalue weighted by Gasteiger charge is -2.18. The number of carbonyl (C=O) groups excluding carboxylic acids is 1. The van der Waals surface area contributed by atoms with Gasteiger partial charge in [-0.05, 0) is 48.2 Å². The van der Waals surface area contributed by atoms with E-state index in [0.29, 0.717) is 6.42 Å². The first-order chi connectivity index (χ1) is 11.7. The van der Waals surface area contributed by atoms with Crippen LogP contribution >= 0.6 is 0 Å². The molecule has 0 aliphatic rings. The van der Waals surface area contributed by atoms with Gasteiger partial charge < -0.3 is 14.8 Å². The molecule has 1 amide bonds. The second-order valence-corrected chi connectivity index (χ2v) is 5.65. The third-order valence-electron chi connectivity index (χ3n) is 4.06. The number of hydrogen-bond donors (Lipinski definition) is 1. The summed E-state index contributed by atoms with van der Waals surface area (Å²) in [6.45, 7) is 2.07. The Kier molecular flexibility index (Phi) is 6.67. The third kappa shape index (κ3) is 5.01. The summed E-state index contributed by atoms with van der Waals surface area (Å²) in [7, 11) is 3.29. The average molecular weight is 327 g/mol. The van der Waals surface area contributed by atoms with Crippen LogP contribution in [-0.4, -0.2) is 20.1 Å². The van der Waals surface area contributed by atoms with E-state index in [9.17, 15) is 4.79 Å². The smallest absolute Gasteiger partial charge is 0.220 e. The molecular weight excluding hydrogens is 302 g/mol. The van der Waals surface area contributed by atoms with Crippen LogP contribution in [0.3, 0.4) is 0 Å². The molecule has 4 nitrogen and oxygen atoms in total. The highest BCUT2D eigenvalue weighted by atomic mass is 16.5. The summed E-state index contributed by atoms with van der Waals surface area (Å²) >= 11 is 0. The standard InChI is InChI=1S/C20H25NO3/c1-4-19(16-8-12-18(24-3)13-9-16)21-20(22)14-7-15-5-10-17(23-2)11-6-15/h5-6,8-13,19H,4,7,14H2,1-3H3,(H,21,22)/t19-/m1/s1. The van der Waals surface area contributed by atoms with Gasteiger partial charge in [-0.15, -0.1) is 0 Å². The number of ether oxygens (including phenoxy) is 2. The zero-order chi connectivity index (χ0) is 17.4. The van der Waals surface area contributed by atoms with Gasteiger partial charge in [0, 0.05) is 6.42 Å². The Hall–Kier alpha value is -2.49. The summed E-state index contributed by atoms with van der Waals surface area (Å²) in [5.74, 6) is 1.71. The fourth-order valence-electron chi connectivity index (χ4n) is 2.57. The summed E-state index contributed by atoms with van der Waals surface area (Å²) < 4.78 is 10.3. The molecule has 2 rings (SSSR count). The number of aryl methyl sites for hydroxylation is 1. The van der Waals surface area contributed by atoms with E-state index in [-0.39, 0.29) is 11.9 Å². The average Bonchev–Trinajstić information content (AvgIpc) is 2.65. The molecular formula is C20H25NO3. The van der Waals surface area contributed by atoms with E-state index in [4.69, 9.17) is 9.47 Å². The van der Waals surface area contributed by atoms with E-state index in [1.807, 2.05) is 48.5 Å². The third-order valence-corrected chi connectivity index (χ3v) is 4.06. The first kappa shape index (κ1) is 17.9. The summed E-state index contributed by atoms with van der Waals surface area (Å²) in [4.78, 5) is 12.2. The number of nitrogens with one attached hydrogen (secondary N) is 1. The molecule has 0 radical (unpaired) electrons. The van der Waals surface area contributed by atoms with Gasteiger partial charge >= 0.3 is 0 Å². The van der Waals surface area contributed by atoms with Crippen molar-refractivity contribution >= 4 is 5.91 Å². The minimum atomic E-state index is 0.0271. The number of carbonyl (C=O) groups is 1. The van der Waals surface area contributed by atoms with Gasteiger partial charge in [-0.3, -0.25) is 4.79 Å².